The number of rotatable bonds is 2. The molecule has 0 atom stereocenters. The lowest BCUT2D eigenvalue weighted by Gasteiger charge is -1.94. The molecule has 0 aromatic carbocycles. The number of aromatic carboxylic acids is 2. The average Bonchev–Trinajstić information content (AvgIpc) is 2.26. The average molecular weight is 184 g/mol. The Kier molecular flexibility index (Phi) is 2.05. The smallest absolute Gasteiger partial charge is 0.356 e. The van der Waals surface area contributed by atoms with Crippen LogP contribution in [0.1, 0.15) is 26.5 Å². The molecule has 2 N–H and O–H groups in total. The number of nitrogens with zero attached hydrogens (tertiary/aromatic N) is 2. The van der Waals surface area contributed by atoms with E-state index in [1.54, 1.807) is 0 Å². The fraction of sp³-hybridized carbons (Fsp3) is 0.286. The molecule has 0 fully saturated rings. The minimum atomic E-state index is -1.22. The zero-order valence-electron chi connectivity index (χ0n) is 7.11. The van der Waals surface area contributed by atoms with E-state index in [1.807, 2.05) is 0 Å². The number of aryl methyl sites for hydroxylation is 1. The van der Waals surface area contributed by atoms with Crippen LogP contribution >= 0.6 is 0 Å². The zero-order valence-corrected chi connectivity index (χ0v) is 7.11. The highest BCUT2D eigenvalue weighted by Crippen LogP contribution is 2.11. The number of carbonyl (C=O) groups is 2. The standard InChI is InChI=1S/C7H8N2O4/c1-3-4(6(10)11)8-9(2)5(3)7(12)13/h1-2H3,(H,10,11)(H,12,13). The third kappa shape index (κ3) is 1.37. The topological polar surface area (TPSA) is 92.4 Å². The van der Waals surface area contributed by atoms with Crippen molar-refractivity contribution in [2.45, 2.75) is 6.92 Å². The molecule has 0 saturated carbocycles. The molecule has 1 aromatic rings. The highest BCUT2D eigenvalue weighted by atomic mass is 16.4. The van der Waals surface area contributed by atoms with Gasteiger partial charge in [0, 0.05) is 12.6 Å². The maximum absolute atomic E-state index is 10.6. The van der Waals surface area contributed by atoms with E-state index >= 15 is 0 Å². The Morgan fingerprint density at radius 3 is 2.08 bits per heavy atom. The van der Waals surface area contributed by atoms with Gasteiger partial charge in [-0.3, -0.25) is 4.68 Å². The molecular formula is C7H8N2O4. The number of hydrogen-bond donors (Lipinski definition) is 2. The van der Waals surface area contributed by atoms with Crippen LogP contribution < -0.4 is 0 Å². The minimum absolute atomic E-state index is 0.0996. The summed E-state index contributed by atoms with van der Waals surface area (Å²) in [6.45, 7) is 1.42. The van der Waals surface area contributed by atoms with Crippen LogP contribution in [0.4, 0.5) is 0 Å². The first kappa shape index (κ1) is 9.24. The predicted octanol–water partition coefficient (Wildman–Crippen LogP) is 0.125. The third-order valence-corrected chi connectivity index (χ3v) is 1.69. The summed E-state index contributed by atoms with van der Waals surface area (Å²) in [5.41, 5.74) is -0.153. The van der Waals surface area contributed by atoms with Crippen LogP contribution in [0.2, 0.25) is 0 Å². The lowest BCUT2D eigenvalue weighted by Crippen LogP contribution is -2.06. The van der Waals surface area contributed by atoms with Gasteiger partial charge in [-0.05, 0) is 6.92 Å². The van der Waals surface area contributed by atoms with E-state index in [0.29, 0.717) is 0 Å². The predicted molar refractivity (Wildman–Crippen MR) is 41.9 cm³/mol. The molecule has 6 nitrogen and oxygen atoms in total. The van der Waals surface area contributed by atoms with Crippen molar-refractivity contribution in [3.05, 3.63) is 17.0 Å². The van der Waals surface area contributed by atoms with Gasteiger partial charge in [0.25, 0.3) is 0 Å². The molecule has 70 valence electrons. The summed E-state index contributed by atoms with van der Waals surface area (Å²) in [5, 5.41) is 20.9. The maximum Gasteiger partial charge on any atom is 0.356 e. The van der Waals surface area contributed by atoms with E-state index in [2.05, 4.69) is 5.10 Å². The fourth-order valence-corrected chi connectivity index (χ4v) is 1.13. The molecule has 0 saturated heterocycles. The number of hydrogen-bond acceptors (Lipinski definition) is 3. The van der Waals surface area contributed by atoms with Crippen molar-refractivity contribution in [2.24, 2.45) is 7.05 Å². The van der Waals surface area contributed by atoms with Crippen LogP contribution in [-0.2, 0) is 7.05 Å². The van der Waals surface area contributed by atoms with Gasteiger partial charge in [-0.25, -0.2) is 9.59 Å². The van der Waals surface area contributed by atoms with Gasteiger partial charge in [-0.1, -0.05) is 0 Å². The van der Waals surface area contributed by atoms with Crippen LogP contribution in [0.5, 0.6) is 0 Å². The third-order valence-electron chi connectivity index (χ3n) is 1.69. The maximum atomic E-state index is 10.6. The molecule has 0 aliphatic heterocycles. The summed E-state index contributed by atoms with van der Waals surface area (Å²) >= 11 is 0. The van der Waals surface area contributed by atoms with Crippen molar-refractivity contribution in [3.63, 3.8) is 0 Å². The molecule has 13 heavy (non-hydrogen) atoms. The summed E-state index contributed by atoms with van der Waals surface area (Å²) in [4.78, 5) is 21.2. The van der Waals surface area contributed by atoms with E-state index in [-0.39, 0.29) is 17.0 Å². The van der Waals surface area contributed by atoms with E-state index < -0.39 is 11.9 Å². The van der Waals surface area contributed by atoms with Crippen molar-refractivity contribution in [1.29, 1.82) is 0 Å². The van der Waals surface area contributed by atoms with Crippen LogP contribution in [0.15, 0.2) is 0 Å². The Morgan fingerprint density at radius 2 is 1.85 bits per heavy atom. The Morgan fingerprint density at radius 1 is 1.31 bits per heavy atom. The second-order valence-electron chi connectivity index (χ2n) is 2.56. The molecule has 0 radical (unpaired) electrons. The molecule has 1 rings (SSSR count). The minimum Gasteiger partial charge on any atom is -0.477 e. The molecule has 0 bridgehead atoms. The Balaban J connectivity index is 3.39. The first-order valence-electron chi connectivity index (χ1n) is 3.45. The molecule has 6 heteroatoms. The zero-order chi connectivity index (χ0) is 10.2. The summed E-state index contributed by atoms with van der Waals surface area (Å²) in [7, 11) is 1.39. The van der Waals surface area contributed by atoms with Crippen molar-refractivity contribution >= 4 is 11.9 Å². The molecule has 1 aromatic heterocycles. The van der Waals surface area contributed by atoms with Crippen LogP contribution in [0.3, 0.4) is 0 Å². The summed E-state index contributed by atoms with van der Waals surface area (Å²) < 4.78 is 1.04. The number of aromatic nitrogens is 2. The summed E-state index contributed by atoms with van der Waals surface area (Å²) in [6.07, 6.45) is 0. The van der Waals surface area contributed by atoms with Gasteiger partial charge in [-0.2, -0.15) is 5.10 Å². The molecular weight excluding hydrogens is 176 g/mol. The number of carboxylic acids is 2. The van der Waals surface area contributed by atoms with Gasteiger partial charge in [0.1, 0.15) is 5.69 Å². The van der Waals surface area contributed by atoms with Crippen LogP contribution in [0, 0.1) is 6.92 Å². The SMILES string of the molecule is Cc1c(C(=O)O)nn(C)c1C(=O)O. The van der Waals surface area contributed by atoms with Crippen LogP contribution in [-0.4, -0.2) is 31.9 Å². The Bertz CT molecular complexity index is 380. The van der Waals surface area contributed by atoms with Crippen molar-refractivity contribution < 1.29 is 19.8 Å². The fourth-order valence-electron chi connectivity index (χ4n) is 1.13. The van der Waals surface area contributed by atoms with E-state index in [9.17, 15) is 9.59 Å². The second kappa shape index (κ2) is 2.89. The van der Waals surface area contributed by atoms with E-state index in [1.165, 1.54) is 14.0 Å². The second-order valence-corrected chi connectivity index (χ2v) is 2.56. The lowest BCUT2D eigenvalue weighted by molar-refractivity contribution is 0.0677. The van der Waals surface area contributed by atoms with Gasteiger partial charge in [0.2, 0.25) is 0 Å². The molecule has 1 heterocycles. The van der Waals surface area contributed by atoms with Gasteiger partial charge >= 0.3 is 11.9 Å². The van der Waals surface area contributed by atoms with E-state index in [4.69, 9.17) is 10.2 Å². The molecule has 0 spiro atoms. The normalized spacial score (nSPS) is 10.0. The Labute approximate surface area is 73.4 Å². The molecule has 0 unspecified atom stereocenters. The quantitative estimate of drug-likeness (QED) is 0.681. The van der Waals surface area contributed by atoms with Crippen molar-refractivity contribution in [2.75, 3.05) is 0 Å². The summed E-state index contributed by atoms with van der Waals surface area (Å²) in [6, 6.07) is 0. The van der Waals surface area contributed by atoms with Crippen LogP contribution in [0.25, 0.3) is 0 Å². The molecule has 0 aliphatic carbocycles. The highest BCUT2D eigenvalue weighted by Gasteiger charge is 2.21. The Hall–Kier alpha value is -1.85. The molecule has 0 aliphatic rings. The van der Waals surface area contributed by atoms with Crippen molar-refractivity contribution in [1.82, 2.24) is 9.78 Å². The van der Waals surface area contributed by atoms with Gasteiger partial charge in [0.05, 0.1) is 0 Å². The van der Waals surface area contributed by atoms with Gasteiger partial charge in [0.15, 0.2) is 5.69 Å². The summed E-state index contributed by atoms with van der Waals surface area (Å²) in [5.74, 6) is -2.40. The monoisotopic (exact) mass is 184 g/mol. The van der Waals surface area contributed by atoms with Crippen molar-refractivity contribution in [3.8, 4) is 0 Å². The first-order valence-corrected chi connectivity index (χ1v) is 3.45. The largest absolute Gasteiger partial charge is 0.477 e. The highest BCUT2D eigenvalue weighted by molar-refractivity contribution is 5.94. The molecule has 0 amide bonds. The van der Waals surface area contributed by atoms with Gasteiger partial charge < -0.3 is 10.2 Å². The lowest BCUT2D eigenvalue weighted by atomic mass is 10.2. The first-order chi connectivity index (χ1) is 5.95. The van der Waals surface area contributed by atoms with Gasteiger partial charge in [-0.15, -0.1) is 0 Å². The van der Waals surface area contributed by atoms with E-state index in [0.717, 1.165) is 4.68 Å². The number of carboxylic acid groups (broad SMARTS) is 2.